The molecule has 1 aliphatic heterocycles. The zero-order valence-electron chi connectivity index (χ0n) is 13.4. The van der Waals surface area contributed by atoms with Gasteiger partial charge in [-0.1, -0.05) is 36.4 Å². The number of para-hydroxylation sites is 2. The first kappa shape index (κ1) is 15.3. The van der Waals surface area contributed by atoms with Gasteiger partial charge in [-0.15, -0.1) is 0 Å². The Labute approximate surface area is 136 Å². The van der Waals surface area contributed by atoms with Crippen LogP contribution in [0.3, 0.4) is 0 Å². The van der Waals surface area contributed by atoms with E-state index in [2.05, 4.69) is 5.32 Å². The highest BCUT2D eigenvalue weighted by atomic mass is 16.2. The molecular formula is C19H20N2O2. The molecule has 1 aliphatic rings. The second-order valence-corrected chi connectivity index (χ2v) is 6.00. The summed E-state index contributed by atoms with van der Waals surface area (Å²) in [6, 6.07) is 15.4. The fourth-order valence-electron chi connectivity index (χ4n) is 2.98. The molecule has 0 saturated carbocycles. The van der Waals surface area contributed by atoms with E-state index in [1.54, 1.807) is 4.90 Å². The molecule has 1 saturated heterocycles. The summed E-state index contributed by atoms with van der Waals surface area (Å²) in [7, 11) is 0. The Morgan fingerprint density at radius 2 is 1.70 bits per heavy atom. The van der Waals surface area contributed by atoms with E-state index in [0.29, 0.717) is 6.54 Å². The van der Waals surface area contributed by atoms with Crippen molar-refractivity contribution in [2.75, 3.05) is 16.8 Å². The monoisotopic (exact) mass is 308 g/mol. The molecule has 0 aliphatic carbocycles. The summed E-state index contributed by atoms with van der Waals surface area (Å²) in [4.78, 5) is 26.5. The molecule has 118 valence electrons. The van der Waals surface area contributed by atoms with E-state index in [-0.39, 0.29) is 24.2 Å². The molecule has 3 rings (SSSR count). The Morgan fingerprint density at radius 1 is 1.04 bits per heavy atom. The van der Waals surface area contributed by atoms with Gasteiger partial charge in [0.15, 0.2) is 0 Å². The quantitative estimate of drug-likeness (QED) is 0.946. The van der Waals surface area contributed by atoms with E-state index in [1.165, 1.54) is 0 Å². The van der Waals surface area contributed by atoms with Gasteiger partial charge in [0, 0.05) is 24.3 Å². The molecule has 0 unspecified atom stereocenters. The van der Waals surface area contributed by atoms with Crippen LogP contribution in [0.5, 0.6) is 0 Å². The molecule has 0 radical (unpaired) electrons. The standard InChI is InChI=1S/C19H20N2O2/c1-13-7-6-8-14(2)18(13)20-19(23)15-11-17(22)21(12-15)16-9-4-3-5-10-16/h3-10,15H,11-12H2,1-2H3,(H,20,23)/t15-/m1/s1. The third kappa shape index (κ3) is 3.11. The second kappa shape index (κ2) is 6.24. The zero-order valence-corrected chi connectivity index (χ0v) is 13.4. The molecule has 4 nitrogen and oxygen atoms in total. The van der Waals surface area contributed by atoms with Crippen molar-refractivity contribution in [3.63, 3.8) is 0 Å². The first-order valence-corrected chi connectivity index (χ1v) is 7.79. The number of nitrogens with zero attached hydrogens (tertiary/aromatic N) is 1. The number of carbonyl (C=O) groups excluding carboxylic acids is 2. The van der Waals surface area contributed by atoms with Gasteiger partial charge in [0.25, 0.3) is 0 Å². The van der Waals surface area contributed by atoms with Crippen LogP contribution in [0.4, 0.5) is 11.4 Å². The lowest BCUT2D eigenvalue weighted by atomic mass is 10.1. The number of hydrogen-bond acceptors (Lipinski definition) is 2. The molecule has 0 bridgehead atoms. The largest absolute Gasteiger partial charge is 0.325 e. The summed E-state index contributed by atoms with van der Waals surface area (Å²) in [6.07, 6.45) is 0.256. The minimum absolute atomic E-state index is 0.00199. The summed E-state index contributed by atoms with van der Waals surface area (Å²) in [6.45, 7) is 4.37. The lowest BCUT2D eigenvalue weighted by Crippen LogP contribution is -2.28. The highest BCUT2D eigenvalue weighted by Gasteiger charge is 2.35. The van der Waals surface area contributed by atoms with Crippen molar-refractivity contribution in [1.82, 2.24) is 0 Å². The molecule has 2 aromatic carbocycles. The van der Waals surface area contributed by atoms with Crippen molar-refractivity contribution in [3.8, 4) is 0 Å². The Hall–Kier alpha value is -2.62. The van der Waals surface area contributed by atoms with Crippen molar-refractivity contribution in [2.24, 2.45) is 5.92 Å². The van der Waals surface area contributed by atoms with Gasteiger partial charge in [0.05, 0.1) is 5.92 Å². The van der Waals surface area contributed by atoms with Gasteiger partial charge in [-0.3, -0.25) is 9.59 Å². The molecule has 0 aromatic heterocycles. The summed E-state index contributed by atoms with van der Waals surface area (Å²) in [5.74, 6) is -0.409. The lowest BCUT2D eigenvalue weighted by Gasteiger charge is -2.17. The first-order chi connectivity index (χ1) is 11.1. The van der Waals surface area contributed by atoms with Crippen LogP contribution in [0.1, 0.15) is 17.5 Å². The average molecular weight is 308 g/mol. The topological polar surface area (TPSA) is 49.4 Å². The van der Waals surface area contributed by atoms with Crippen LogP contribution < -0.4 is 10.2 Å². The summed E-state index contributed by atoms with van der Waals surface area (Å²) >= 11 is 0. The van der Waals surface area contributed by atoms with E-state index >= 15 is 0 Å². The number of carbonyl (C=O) groups is 2. The first-order valence-electron chi connectivity index (χ1n) is 7.79. The van der Waals surface area contributed by atoms with Crippen LogP contribution in [-0.2, 0) is 9.59 Å². The number of amides is 2. The van der Waals surface area contributed by atoms with E-state index in [4.69, 9.17) is 0 Å². The minimum atomic E-state index is -0.318. The van der Waals surface area contributed by atoms with Gasteiger partial charge in [-0.25, -0.2) is 0 Å². The van der Waals surface area contributed by atoms with Crippen LogP contribution >= 0.6 is 0 Å². The highest BCUT2D eigenvalue weighted by Crippen LogP contribution is 2.27. The second-order valence-electron chi connectivity index (χ2n) is 6.00. The number of aryl methyl sites for hydroxylation is 2. The van der Waals surface area contributed by atoms with E-state index in [0.717, 1.165) is 22.5 Å². The molecule has 4 heteroatoms. The Morgan fingerprint density at radius 3 is 2.35 bits per heavy atom. The van der Waals surface area contributed by atoms with Crippen molar-refractivity contribution < 1.29 is 9.59 Å². The molecule has 1 heterocycles. The fourth-order valence-corrected chi connectivity index (χ4v) is 2.98. The normalized spacial score (nSPS) is 17.4. The predicted molar refractivity (Wildman–Crippen MR) is 91.4 cm³/mol. The molecule has 1 fully saturated rings. The Bertz CT molecular complexity index is 720. The molecule has 2 amide bonds. The Balaban J connectivity index is 1.73. The molecule has 1 N–H and O–H groups in total. The van der Waals surface area contributed by atoms with Crippen molar-refractivity contribution in [2.45, 2.75) is 20.3 Å². The minimum Gasteiger partial charge on any atom is -0.325 e. The number of benzene rings is 2. The van der Waals surface area contributed by atoms with Crippen LogP contribution in [0.2, 0.25) is 0 Å². The van der Waals surface area contributed by atoms with E-state index in [9.17, 15) is 9.59 Å². The zero-order chi connectivity index (χ0) is 16.4. The van der Waals surface area contributed by atoms with Crippen LogP contribution in [0.15, 0.2) is 48.5 Å². The molecular weight excluding hydrogens is 288 g/mol. The van der Waals surface area contributed by atoms with Gasteiger partial charge >= 0.3 is 0 Å². The third-order valence-electron chi connectivity index (χ3n) is 4.29. The maximum atomic E-state index is 12.6. The maximum absolute atomic E-state index is 12.6. The molecule has 23 heavy (non-hydrogen) atoms. The van der Waals surface area contributed by atoms with Crippen LogP contribution in [-0.4, -0.2) is 18.4 Å². The van der Waals surface area contributed by atoms with Gasteiger partial charge in [-0.05, 0) is 37.1 Å². The predicted octanol–water partition coefficient (Wildman–Crippen LogP) is 3.30. The highest BCUT2D eigenvalue weighted by molar-refractivity contribution is 6.03. The SMILES string of the molecule is Cc1cccc(C)c1NC(=O)[C@@H]1CC(=O)N(c2ccccc2)C1. The molecule has 1 atom stereocenters. The molecule has 0 spiro atoms. The Kier molecular flexibility index (Phi) is 4.15. The number of hydrogen-bond donors (Lipinski definition) is 1. The van der Waals surface area contributed by atoms with Gasteiger partial charge in [0.1, 0.15) is 0 Å². The summed E-state index contributed by atoms with van der Waals surface area (Å²) in [5, 5.41) is 3.00. The van der Waals surface area contributed by atoms with Crippen molar-refractivity contribution in [3.05, 3.63) is 59.7 Å². The van der Waals surface area contributed by atoms with Gasteiger partial charge in [-0.2, -0.15) is 0 Å². The van der Waals surface area contributed by atoms with E-state index < -0.39 is 0 Å². The summed E-state index contributed by atoms with van der Waals surface area (Å²) < 4.78 is 0. The maximum Gasteiger partial charge on any atom is 0.229 e. The summed E-state index contributed by atoms with van der Waals surface area (Å²) in [5.41, 5.74) is 3.76. The van der Waals surface area contributed by atoms with Crippen molar-refractivity contribution >= 4 is 23.2 Å². The number of anilines is 2. The number of rotatable bonds is 3. The van der Waals surface area contributed by atoms with E-state index in [1.807, 2.05) is 62.4 Å². The third-order valence-corrected chi connectivity index (χ3v) is 4.29. The lowest BCUT2D eigenvalue weighted by molar-refractivity contribution is -0.122. The molecule has 2 aromatic rings. The smallest absolute Gasteiger partial charge is 0.229 e. The number of nitrogens with one attached hydrogen (secondary N) is 1. The van der Waals surface area contributed by atoms with Crippen LogP contribution in [0, 0.1) is 19.8 Å². The van der Waals surface area contributed by atoms with Crippen molar-refractivity contribution in [1.29, 1.82) is 0 Å². The van der Waals surface area contributed by atoms with Gasteiger partial charge < -0.3 is 10.2 Å². The fraction of sp³-hybridized carbons (Fsp3) is 0.263. The van der Waals surface area contributed by atoms with Crippen LogP contribution in [0.25, 0.3) is 0 Å². The average Bonchev–Trinajstić information content (AvgIpc) is 2.94. The van der Waals surface area contributed by atoms with Gasteiger partial charge in [0.2, 0.25) is 11.8 Å².